The minimum atomic E-state index is -0.0232. The van der Waals surface area contributed by atoms with Crippen molar-refractivity contribution in [1.29, 1.82) is 0 Å². The van der Waals surface area contributed by atoms with Crippen LogP contribution in [0.3, 0.4) is 0 Å². The summed E-state index contributed by atoms with van der Waals surface area (Å²) in [7, 11) is 1.84. The van der Waals surface area contributed by atoms with E-state index in [2.05, 4.69) is 15.2 Å². The summed E-state index contributed by atoms with van der Waals surface area (Å²) in [6.07, 6.45) is 9.74. The topological polar surface area (TPSA) is 61.1 Å². The number of guanidine groups is 1. The lowest BCUT2D eigenvalue weighted by Crippen LogP contribution is -2.53. The quantitative estimate of drug-likeness (QED) is 0.672. The molecule has 1 saturated heterocycles. The van der Waals surface area contributed by atoms with E-state index in [-0.39, 0.29) is 5.91 Å². The van der Waals surface area contributed by atoms with Gasteiger partial charge in [-0.1, -0.05) is 32.1 Å². The molecule has 1 aromatic rings. The maximum absolute atomic E-state index is 12.3. The number of aliphatic imine (C=N–C) groups is 1. The maximum atomic E-state index is 12.3. The molecule has 1 saturated carbocycles. The molecule has 0 spiro atoms. The van der Waals surface area contributed by atoms with Gasteiger partial charge in [0.2, 0.25) is 0 Å². The van der Waals surface area contributed by atoms with Gasteiger partial charge in [0, 0.05) is 39.8 Å². The molecule has 0 unspecified atom stereocenters. The number of nitrogens with zero attached hydrogens (tertiary/aromatic N) is 3. The molecule has 0 radical (unpaired) electrons. The number of carbonyl (C=O) groups excluding carboxylic acids is 1. The number of amides is 1. The Morgan fingerprint density at radius 1 is 1.20 bits per heavy atom. The van der Waals surface area contributed by atoms with Crippen molar-refractivity contribution in [3.05, 3.63) is 24.2 Å². The van der Waals surface area contributed by atoms with Crippen molar-refractivity contribution < 1.29 is 9.21 Å². The second kappa shape index (κ2) is 8.92. The molecule has 0 aromatic carbocycles. The molecule has 0 bridgehead atoms. The Balaban J connectivity index is 1.41. The van der Waals surface area contributed by atoms with Gasteiger partial charge in [0.25, 0.3) is 5.91 Å². The Morgan fingerprint density at radius 3 is 2.56 bits per heavy atom. The van der Waals surface area contributed by atoms with E-state index in [1.807, 2.05) is 11.9 Å². The van der Waals surface area contributed by atoms with Crippen LogP contribution in [-0.4, -0.2) is 61.4 Å². The van der Waals surface area contributed by atoms with Crippen molar-refractivity contribution in [2.24, 2.45) is 10.9 Å². The Hall–Kier alpha value is -1.98. The van der Waals surface area contributed by atoms with Gasteiger partial charge in [0.05, 0.1) is 6.26 Å². The zero-order valence-corrected chi connectivity index (χ0v) is 15.2. The highest BCUT2D eigenvalue weighted by Gasteiger charge is 2.25. The predicted octanol–water partition coefficient (Wildman–Crippen LogP) is 2.58. The number of rotatable bonds is 4. The lowest BCUT2D eigenvalue weighted by atomic mass is 9.87. The van der Waals surface area contributed by atoms with Crippen LogP contribution < -0.4 is 5.32 Å². The molecule has 1 N–H and O–H groups in total. The molecular formula is C19H30N4O2. The molecule has 2 heterocycles. The van der Waals surface area contributed by atoms with Crippen LogP contribution in [0.1, 0.15) is 49.1 Å². The third-order valence-corrected chi connectivity index (χ3v) is 5.37. The van der Waals surface area contributed by atoms with Crippen molar-refractivity contribution in [2.45, 2.75) is 38.5 Å². The number of piperazine rings is 1. The Labute approximate surface area is 150 Å². The number of furan rings is 1. The second-order valence-corrected chi connectivity index (χ2v) is 7.02. The van der Waals surface area contributed by atoms with E-state index in [4.69, 9.17) is 4.42 Å². The molecule has 0 atom stereocenters. The van der Waals surface area contributed by atoms with E-state index in [9.17, 15) is 4.79 Å². The number of nitrogens with one attached hydrogen (secondary N) is 1. The zero-order chi connectivity index (χ0) is 17.5. The zero-order valence-electron chi connectivity index (χ0n) is 15.2. The van der Waals surface area contributed by atoms with Crippen LogP contribution in [-0.2, 0) is 0 Å². The molecule has 1 aliphatic carbocycles. The van der Waals surface area contributed by atoms with Gasteiger partial charge < -0.3 is 19.5 Å². The summed E-state index contributed by atoms with van der Waals surface area (Å²) in [6.45, 7) is 3.99. The van der Waals surface area contributed by atoms with Gasteiger partial charge >= 0.3 is 0 Å². The number of hydrogen-bond donors (Lipinski definition) is 1. The average Bonchev–Trinajstić information content (AvgIpc) is 3.20. The van der Waals surface area contributed by atoms with Crippen LogP contribution in [0.4, 0.5) is 0 Å². The normalized spacial score (nSPS) is 20.0. The third-order valence-electron chi connectivity index (χ3n) is 5.37. The Bertz CT molecular complexity index is 556. The summed E-state index contributed by atoms with van der Waals surface area (Å²) in [5.74, 6) is 2.23. The highest BCUT2D eigenvalue weighted by molar-refractivity contribution is 5.91. The van der Waals surface area contributed by atoms with Gasteiger partial charge in [-0.05, 0) is 24.5 Å². The van der Waals surface area contributed by atoms with Gasteiger partial charge in [-0.25, -0.2) is 0 Å². The second-order valence-electron chi connectivity index (χ2n) is 7.02. The lowest BCUT2D eigenvalue weighted by molar-refractivity contribution is 0.0657. The van der Waals surface area contributed by atoms with E-state index < -0.39 is 0 Å². The summed E-state index contributed by atoms with van der Waals surface area (Å²) < 4.78 is 5.21. The first-order valence-corrected chi connectivity index (χ1v) is 9.56. The van der Waals surface area contributed by atoms with Crippen LogP contribution in [0, 0.1) is 5.92 Å². The molecule has 25 heavy (non-hydrogen) atoms. The molecule has 6 heteroatoms. The summed E-state index contributed by atoms with van der Waals surface area (Å²) in [6, 6.07) is 3.47. The SMILES string of the molecule is CN=C(NCCC1CCCCC1)N1CCN(C(=O)c2ccco2)CC1. The van der Waals surface area contributed by atoms with Gasteiger partial charge in [-0.3, -0.25) is 9.79 Å². The van der Waals surface area contributed by atoms with Crippen LogP contribution in [0.25, 0.3) is 0 Å². The minimum Gasteiger partial charge on any atom is -0.459 e. The van der Waals surface area contributed by atoms with E-state index in [0.717, 1.165) is 31.5 Å². The highest BCUT2D eigenvalue weighted by Crippen LogP contribution is 2.25. The first kappa shape index (κ1) is 17.8. The molecule has 6 nitrogen and oxygen atoms in total. The van der Waals surface area contributed by atoms with Crippen molar-refractivity contribution in [1.82, 2.24) is 15.1 Å². The highest BCUT2D eigenvalue weighted by atomic mass is 16.3. The first-order chi connectivity index (χ1) is 12.3. The van der Waals surface area contributed by atoms with Crippen molar-refractivity contribution in [3.63, 3.8) is 0 Å². The summed E-state index contributed by atoms with van der Waals surface area (Å²) >= 11 is 0. The standard InChI is InChI=1S/C19H30N4O2/c1-20-19(21-10-9-16-6-3-2-4-7-16)23-13-11-22(12-14-23)18(24)17-8-5-15-25-17/h5,8,15-16H,2-4,6-7,9-14H2,1H3,(H,20,21). The monoisotopic (exact) mass is 346 g/mol. The lowest BCUT2D eigenvalue weighted by Gasteiger charge is -2.36. The van der Waals surface area contributed by atoms with Crippen molar-refractivity contribution in [2.75, 3.05) is 39.8 Å². The van der Waals surface area contributed by atoms with Gasteiger partial charge in [0.1, 0.15) is 0 Å². The molecule has 2 fully saturated rings. The maximum Gasteiger partial charge on any atom is 0.289 e. The van der Waals surface area contributed by atoms with Crippen LogP contribution in [0.15, 0.2) is 27.8 Å². The molecular weight excluding hydrogens is 316 g/mol. The van der Waals surface area contributed by atoms with Crippen LogP contribution in [0.2, 0.25) is 0 Å². The molecule has 138 valence electrons. The van der Waals surface area contributed by atoms with Gasteiger partial charge in [0.15, 0.2) is 11.7 Å². The number of carbonyl (C=O) groups is 1. The molecule has 2 aliphatic rings. The van der Waals surface area contributed by atoms with E-state index in [0.29, 0.717) is 18.8 Å². The molecule has 1 aliphatic heterocycles. The fourth-order valence-corrected chi connectivity index (χ4v) is 3.87. The molecule has 1 aromatic heterocycles. The summed E-state index contributed by atoms with van der Waals surface area (Å²) in [5.41, 5.74) is 0. The van der Waals surface area contributed by atoms with E-state index >= 15 is 0 Å². The van der Waals surface area contributed by atoms with Crippen LogP contribution >= 0.6 is 0 Å². The van der Waals surface area contributed by atoms with Crippen molar-refractivity contribution >= 4 is 11.9 Å². The summed E-state index contributed by atoms with van der Waals surface area (Å²) in [5, 5.41) is 3.51. The largest absolute Gasteiger partial charge is 0.459 e. The van der Waals surface area contributed by atoms with Crippen molar-refractivity contribution in [3.8, 4) is 0 Å². The first-order valence-electron chi connectivity index (χ1n) is 9.56. The fourth-order valence-electron chi connectivity index (χ4n) is 3.87. The molecule has 1 amide bonds. The van der Waals surface area contributed by atoms with Gasteiger partial charge in [-0.2, -0.15) is 0 Å². The minimum absolute atomic E-state index is 0.0232. The number of hydrogen-bond acceptors (Lipinski definition) is 3. The Kier molecular flexibility index (Phi) is 6.36. The Morgan fingerprint density at radius 2 is 1.92 bits per heavy atom. The molecule has 3 rings (SSSR count). The van der Waals surface area contributed by atoms with E-state index in [1.165, 1.54) is 38.5 Å². The predicted molar refractivity (Wildman–Crippen MR) is 98.7 cm³/mol. The fraction of sp³-hybridized carbons (Fsp3) is 0.684. The van der Waals surface area contributed by atoms with Gasteiger partial charge in [-0.15, -0.1) is 0 Å². The van der Waals surface area contributed by atoms with Crippen LogP contribution in [0.5, 0.6) is 0 Å². The third kappa shape index (κ3) is 4.77. The smallest absolute Gasteiger partial charge is 0.289 e. The average molecular weight is 346 g/mol. The van der Waals surface area contributed by atoms with E-state index in [1.54, 1.807) is 18.4 Å². The summed E-state index contributed by atoms with van der Waals surface area (Å²) in [4.78, 5) is 20.8.